The first-order valence-corrected chi connectivity index (χ1v) is 10.6. The predicted octanol–water partition coefficient (Wildman–Crippen LogP) is 4.13. The third-order valence-corrected chi connectivity index (χ3v) is 6.44. The zero-order valence-electron chi connectivity index (χ0n) is 15.5. The molecule has 3 aromatic heterocycles. The fourth-order valence-electron chi connectivity index (χ4n) is 4.71. The number of amides is 1. The SMILES string of the molecule is Nc1cc(C(=O)N2CCCC3CCCCC32)cc2nc(-c3ccc(Br)o3)nn12. The van der Waals surface area contributed by atoms with Gasteiger partial charge in [0.05, 0.1) is 0 Å². The first-order chi connectivity index (χ1) is 13.6. The summed E-state index contributed by atoms with van der Waals surface area (Å²) in [5.74, 6) is 2.07. The van der Waals surface area contributed by atoms with Crippen LogP contribution in [0.2, 0.25) is 0 Å². The predicted molar refractivity (Wildman–Crippen MR) is 109 cm³/mol. The lowest BCUT2D eigenvalue weighted by atomic mass is 9.78. The Morgan fingerprint density at radius 3 is 2.82 bits per heavy atom. The van der Waals surface area contributed by atoms with Gasteiger partial charge in [-0.05, 0) is 71.8 Å². The molecule has 2 atom stereocenters. The minimum absolute atomic E-state index is 0.0519. The second-order valence-electron chi connectivity index (χ2n) is 7.73. The van der Waals surface area contributed by atoms with Crippen LogP contribution in [-0.4, -0.2) is 38.0 Å². The van der Waals surface area contributed by atoms with Crippen LogP contribution < -0.4 is 5.73 Å². The Balaban J connectivity index is 1.49. The third-order valence-electron chi connectivity index (χ3n) is 6.01. The summed E-state index contributed by atoms with van der Waals surface area (Å²) >= 11 is 3.29. The van der Waals surface area contributed by atoms with Crippen LogP contribution in [0.15, 0.2) is 33.4 Å². The number of carbonyl (C=O) groups excluding carboxylic acids is 1. The van der Waals surface area contributed by atoms with Gasteiger partial charge in [0.1, 0.15) is 5.82 Å². The maximum Gasteiger partial charge on any atom is 0.254 e. The van der Waals surface area contributed by atoms with E-state index in [4.69, 9.17) is 10.2 Å². The van der Waals surface area contributed by atoms with Crippen molar-refractivity contribution in [2.75, 3.05) is 12.3 Å². The van der Waals surface area contributed by atoms with Crippen LogP contribution in [0.5, 0.6) is 0 Å². The first-order valence-electron chi connectivity index (χ1n) is 9.83. The van der Waals surface area contributed by atoms with Crippen molar-refractivity contribution in [2.24, 2.45) is 5.92 Å². The molecule has 4 heterocycles. The van der Waals surface area contributed by atoms with Crippen molar-refractivity contribution in [1.82, 2.24) is 19.5 Å². The number of anilines is 1. The molecular formula is C20H22BrN5O2. The second kappa shape index (κ2) is 6.92. The Bertz CT molecular complexity index is 1040. The van der Waals surface area contributed by atoms with Crippen LogP contribution in [0.3, 0.4) is 0 Å². The molecule has 0 radical (unpaired) electrons. The highest BCUT2D eigenvalue weighted by Gasteiger charge is 2.36. The number of hydrogen-bond donors (Lipinski definition) is 1. The number of piperidine rings is 1. The van der Waals surface area contributed by atoms with Crippen molar-refractivity contribution in [3.63, 3.8) is 0 Å². The van der Waals surface area contributed by atoms with Gasteiger partial charge in [-0.15, -0.1) is 5.10 Å². The number of nitrogens with zero attached hydrogens (tertiary/aromatic N) is 4. The van der Waals surface area contributed by atoms with Crippen molar-refractivity contribution in [3.8, 4) is 11.6 Å². The van der Waals surface area contributed by atoms with Gasteiger partial charge in [-0.2, -0.15) is 4.52 Å². The van der Waals surface area contributed by atoms with Crippen LogP contribution in [-0.2, 0) is 0 Å². The molecule has 1 amide bonds. The lowest BCUT2D eigenvalue weighted by Gasteiger charge is -2.44. The highest BCUT2D eigenvalue weighted by atomic mass is 79.9. The number of likely N-dealkylation sites (tertiary alicyclic amines) is 1. The summed E-state index contributed by atoms with van der Waals surface area (Å²) < 4.78 is 7.69. The number of halogens is 1. The molecule has 7 nitrogen and oxygen atoms in total. The molecule has 146 valence electrons. The molecule has 28 heavy (non-hydrogen) atoms. The number of pyridine rings is 1. The van der Waals surface area contributed by atoms with Crippen molar-refractivity contribution in [2.45, 2.75) is 44.6 Å². The molecule has 8 heteroatoms. The maximum absolute atomic E-state index is 13.3. The third kappa shape index (κ3) is 2.99. The van der Waals surface area contributed by atoms with E-state index in [0.717, 1.165) is 19.4 Å². The van der Waals surface area contributed by atoms with Gasteiger partial charge in [-0.25, -0.2) is 4.98 Å². The van der Waals surface area contributed by atoms with Gasteiger partial charge >= 0.3 is 0 Å². The van der Waals surface area contributed by atoms with Crippen molar-refractivity contribution in [1.29, 1.82) is 0 Å². The van der Waals surface area contributed by atoms with Gasteiger partial charge in [-0.1, -0.05) is 12.8 Å². The zero-order chi connectivity index (χ0) is 19.3. The number of nitrogen functional groups attached to an aromatic ring is 1. The minimum atomic E-state index is 0.0519. The molecule has 1 aliphatic carbocycles. The summed E-state index contributed by atoms with van der Waals surface area (Å²) in [6, 6.07) is 7.42. The summed E-state index contributed by atoms with van der Waals surface area (Å²) in [4.78, 5) is 19.9. The van der Waals surface area contributed by atoms with Crippen LogP contribution in [0.25, 0.3) is 17.2 Å². The normalized spacial score (nSPS) is 22.4. The van der Waals surface area contributed by atoms with E-state index in [9.17, 15) is 4.79 Å². The Morgan fingerprint density at radius 1 is 1.18 bits per heavy atom. The zero-order valence-corrected chi connectivity index (χ0v) is 17.1. The van der Waals surface area contributed by atoms with Gasteiger partial charge in [0.15, 0.2) is 16.1 Å². The van der Waals surface area contributed by atoms with E-state index < -0.39 is 0 Å². The molecule has 0 spiro atoms. The molecule has 2 fully saturated rings. The summed E-state index contributed by atoms with van der Waals surface area (Å²) in [5.41, 5.74) is 7.33. The van der Waals surface area contributed by atoms with Gasteiger partial charge in [0.2, 0.25) is 5.82 Å². The Morgan fingerprint density at radius 2 is 2.00 bits per heavy atom. The van der Waals surface area contributed by atoms with E-state index in [1.807, 2.05) is 0 Å². The minimum Gasteiger partial charge on any atom is -0.446 e. The Labute approximate surface area is 171 Å². The van der Waals surface area contributed by atoms with E-state index >= 15 is 0 Å². The highest BCUT2D eigenvalue weighted by molar-refractivity contribution is 9.10. The number of nitrogens with two attached hydrogens (primary N) is 1. The van der Waals surface area contributed by atoms with Crippen molar-refractivity contribution in [3.05, 3.63) is 34.5 Å². The topological polar surface area (TPSA) is 89.7 Å². The molecular weight excluding hydrogens is 422 g/mol. The van der Waals surface area contributed by atoms with Crippen LogP contribution in [0.1, 0.15) is 48.9 Å². The van der Waals surface area contributed by atoms with Crippen LogP contribution in [0, 0.1) is 5.92 Å². The number of hydrogen-bond acceptors (Lipinski definition) is 5. The molecule has 1 aliphatic heterocycles. The van der Waals surface area contributed by atoms with Crippen molar-refractivity contribution >= 4 is 33.3 Å². The molecule has 2 unspecified atom stereocenters. The molecule has 2 N–H and O–H groups in total. The Hall–Kier alpha value is -2.35. The van der Waals surface area contributed by atoms with Gasteiger partial charge < -0.3 is 15.1 Å². The number of rotatable bonds is 2. The van der Waals surface area contributed by atoms with E-state index in [1.165, 1.54) is 25.7 Å². The van der Waals surface area contributed by atoms with E-state index in [1.54, 1.807) is 28.8 Å². The number of carbonyl (C=O) groups is 1. The summed E-state index contributed by atoms with van der Waals surface area (Å²) in [7, 11) is 0. The molecule has 2 aliphatic rings. The summed E-state index contributed by atoms with van der Waals surface area (Å²) in [5, 5.41) is 4.42. The van der Waals surface area contributed by atoms with E-state index in [0.29, 0.717) is 45.2 Å². The molecule has 0 bridgehead atoms. The standard InChI is InChI=1S/C20H22BrN5O2/c21-16-8-7-15(28-16)19-23-18-11-13(10-17(22)26(18)24-19)20(27)25-9-3-5-12-4-1-2-6-14(12)25/h7-8,10-12,14H,1-6,9,22H2. The monoisotopic (exact) mass is 443 g/mol. The average Bonchev–Trinajstić information content (AvgIpc) is 3.33. The number of furan rings is 1. The van der Waals surface area contributed by atoms with E-state index in [2.05, 4.69) is 30.9 Å². The number of fused-ring (bicyclic) bond motifs is 2. The van der Waals surface area contributed by atoms with Crippen molar-refractivity contribution < 1.29 is 9.21 Å². The fourth-order valence-corrected chi connectivity index (χ4v) is 5.02. The van der Waals surface area contributed by atoms with Gasteiger partial charge in [-0.3, -0.25) is 4.79 Å². The van der Waals surface area contributed by atoms with Crippen LogP contribution in [0.4, 0.5) is 5.82 Å². The fraction of sp³-hybridized carbons (Fsp3) is 0.450. The largest absolute Gasteiger partial charge is 0.446 e. The molecule has 1 saturated carbocycles. The second-order valence-corrected chi connectivity index (χ2v) is 8.51. The Kier molecular flexibility index (Phi) is 4.38. The average molecular weight is 444 g/mol. The lowest BCUT2D eigenvalue weighted by molar-refractivity contribution is 0.0390. The van der Waals surface area contributed by atoms with Gasteiger partial charge in [0.25, 0.3) is 5.91 Å². The highest BCUT2D eigenvalue weighted by Crippen LogP contribution is 2.36. The van der Waals surface area contributed by atoms with Crippen LogP contribution >= 0.6 is 15.9 Å². The summed E-state index contributed by atoms with van der Waals surface area (Å²) in [6.07, 6.45) is 7.15. The quantitative estimate of drug-likeness (QED) is 0.642. The maximum atomic E-state index is 13.3. The van der Waals surface area contributed by atoms with E-state index in [-0.39, 0.29) is 5.91 Å². The lowest BCUT2D eigenvalue weighted by Crippen LogP contribution is -2.49. The first kappa shape index (κ1) is 17.7. The molecule has 1 saturated heterocycles. The van der Waals surface area contributed by atoms with Gasteiger partial charge in [0, 0.05) is 18.2 Å². The smallest absolute Gasteiger partial charge is 0.254 e. The molecule has 3 aromatic rings. The summed E-state index contributed by atoms with van der Waals surface area (Å²) in [6.45, 7) is 0.823. The molecule has 5 rings (SSSR count). The molecule has 0 aromatic carbocycles. The number of aromatic nitrogens is 3.